The number of nitrogens with zero attached hydrogens (tertiary/aromatic N) is 1. The van der Waals surface area contributed by atoms with Gasteiger partial charge in [0.1, 0.15) is 5.75 Å². The van der Waals surface area contributed by atoms with Crippen LogP contribution < -0.4 is 15.4 Å². The van der Waals surface area contributed by atoms with Crippen LogP contribution in [0.15, 0.2) is 85.7 Å². The quantitative estimate of drug-likeness (QED) is 0.415. The summed E-state index contributed by atoms with van der Waals surface area (Å²) in [6.07, 6.45) is 7.36. The number of amides is 2. The van der Waals surface area contributed by atoms with E-state index in [9.17, 15) is 14.0 Å². The van der Waals surface area contributed by atoms with Gasteiger partial charge in [-0.15, -0.1) is 6.58 Å². The van der Waals surface area contributed by atoms with E-state index in [2.05, 4.69) is 22.2 Å². The predicted octanol–water partition coefficient (Wildman–Crippen LogP) is 4.58. The number of rotatable bonds is 8. The summed E-state index contributed by atoms with van der Waals surface area (Å²) in [4.78, 5) is 28.4. The number of halogens is 1. The SMILES string of the molecule is C=CCNC(=O)c1ccccc1NC(=O)/C=C/c1ccc(Oc2cccnc2)c(F)c1. The molecule has 0 radical (unpaired) electrons. The molecule has 0 atom stereocenters. The molecule has 1 aromatic heterocycles. The van der Waals surface area contributed by atoms with Gasteiger partial charge in [0, 0.05) is 18.8 Å². The van der Waals surface area contributed by atoms with Crippen molar-refractivity contribution in [3.05, 3.63) is 103 Å². The Kier molecular flexibility index (Phi) is 7.26. The molecular formula is C24H20FN3O3. The molecule has 0 aliphatic rings. The van der Waals surface area contributed by atoms with Crippen molar-refractivity contribution in [2.24, 2.45) is 0 Å². The van der Waals surface area contributed by atoms with Crippen molar-refractivity contribution >= 4 is 23.6 Å². The van der Waals surface area contributed by atoms with Gasteiger partial charge in [0.15, 0.2) is 11.6 Å². The zero-order chi connectivity index (χ0) is 22.1. The second-order valence-electron chi connectivity index (χ2n) is 6.35. The van der Waals surface area contributed by atoms with E-state index in [4.69, 9.17) is 4.74 Å². The molecule has 2 aromatic carbocycles. The van der Waals surface area contributed by atoms with Crippen LogP contribution in [-0.2, 0) is 4.79 Å². The fourth-order valence-corrected chi connectivity index (χ4v) is 2.63. The highest BCUT2D eigenvalue weighted by atomic mass is 19.1. The van der Waals surface area contributed by atoms with Gasteiger partial charge in [-0.05, 0) is 48.0 Å². The average Bonchev–Trinajstić information content (AvgIpc) is 2.79. The Hall–Kier alpha value is -4.26. The highest BCUT2D eigenvalue weighted by Crippen LogP contribution is 2.25. The summed E-state index contributed by atoms with van der Waals surface area (Å²) in [5.41, 5.74) is 1.17. The molecule has 6 nitrogen and oxygen atoms in total. The van der Waals surface area contributed by atoms with Crippen LogP contribution in [0.2, 0.25) is 0 Å². The maximum atomic E-state index is 14.3. The van der Waals surface area contributed by atoms with Crippen LogP contribution in [0.25, 0.3) is 6.08 Å². The lowest BCUT2D eigenvalue weighted by molar-refractivity contribution is -0.111. The first-order valence-corrected chi connectivity index (χ1v) is 9.41. The van der Waals surface area contributed by atoms with Gasteiger partial charge >= 0.3 is 0 Å². The lowest BCUT2D eigenvalue weighted by atomic mass is 10.1. The Morgan fingerprint density at radius 2 is 1.97 bits per heavy atom. The zero-order valence-corrected chi connectivity index (χ0v) is 16.5. The highest BCUT2D eigenvalue weighted by molar-refractivity contribution is 6.07. The highest BCUT2D eigenvalue weighted by Gasteiger charge is 2.11. The zero-order valence-electron chi connectivity index (χ0n) is 16.5. The number of carbonyl (C=O) groups is 2. The number of pyridine rings is 1. The van der Waals surface area contributed by atoms with Crippen LogP contribution >= 0.6 is 0 Å². The number of aromatic nitrogens is 1. The van der Waals surface area contributed by atoms with E-state index < -0.39 is 11.7 Å². The van der Waals surface area contributed by atoms with Crippen LogP contribution in [-0.4, -0.2) is 23.3 Å². The maximum absolute atomic E-state index is 14.3. The van der Waals surface area contributed by atoms with Gasteiger partial charge in [-0.2, -0.15) is 0 Å². The number of anilines is 1. The maximum Gasteiger partial charge on any atom is 0.253 e. The van der Waals surface area contributed by atoms with Crippen molar-refractivity contribution in [3.8, 4) is 11.5 Å². The second-order valence-corrected chi connectivity index (χ2v) is 6.35. The van der Waals surface area contributed by atoms with Gasteiger partial charge in [0.05, 0.1) is 17.4 Å². The fourth-order valence-electron chi connectivity index (χ4n) is 2.63. The van der Waals surface area contributed by atoms with E-state index in [0.29, 0.717) is 29.1 Å². The molecule has 0 saturated carbocycles. The predicted molar refractivity (Wildman–Crippen MR) is 117 cm³/mol. The van der Waals surface area contributed by atoms with Crippen LogP contribution in [0.5, 0.6) is 11.5 Å². The van der Waals surface area contributed by atoms with Crippen LogP contribution in [0.1, 0.15) is 15.9 Å². The number of hydrogen-bond acceptors (Lipinski definition) is 4. The topological polar surface area (TPSA) is 80.3 Å². The molecule has 1 heterocycles. The molecule has 0 fully saturated rings. The summed E-state index contributed by atoms with van der Waals surface area (Å²) in [5, 5.41) is 5.32. The van der Waals surface area contributed by atoms with E-state index in [1.54, 1.807) is 54.7 Å². The number of benzene rings is 2. The van der Waals surface area contributed by atoms with Crippen molar-refractivity contribution in [2.45, 2.75) is 0 Å². The Morgan fingerprint density at radius 1 is 1.13 bits per heavy atom. The Balaban J connectivity index is 1.66. The van der Waals surface area contributed by atoms with E-state index >= 15 is 0 Å². The number of para-hydroxylation sites is 1. The van der Waals surface area contributed by atoms with E-state index in [-0.39, 0.29) is 11.7 Å². The first kappa shape index (κ1) is 21.4. The normalized spacial score (nSPS) is 10.5. The number of ether oxygens (including phenoxy) is 1. The number of hydrogen-bond donors (Lipinski definition) is 2. The van der Waals surface area contributed by atoms with Gasteiger partial charge < -0.3 is 15.4 Å². The van der Waals surface area contributed by atoms with Crippen LogP contribution in [0.3, 0.4) is 0 Å². The van der Waals surface area contributed by atoms with Crippen LogP contribution in [0.4, 0.5) is 10.1 Å². The van der Waals surface area contributed by atoms with Gasteiger partial charge in [-0.3, -0.25) is 14.6 Å². The molecule has 0 aliphatic carbocycles. The summed E-state index contributed by atoms with van der Waals surface area (Å²) >= 11 is 0. The van der Waals surface area contributed by atoms with Crippen LogP contribution in [0, 0.1) is 5.82 Å². The molecular weight excluding hydrogens is 397 g/mol. The number of nitrogens with one attached hydrogen (secondary N) is 2. The third-order valence-corrected chi connectivity index (χ3v) is 4.08. The molecule has 0 saturated heterocycles. The molecule has 0 bridgehead atoms. The standard InChI is InChI=1S/C24H20FN3O3/c1-2-13-27-24(30)19-7-3-4-8-21(19)28-23(29)12-10-17-9-11-22(20(25)15-17)31-18-6-5-14-26-16-18/h2-12,14-16H,1,13H2,(H,27,30)(H,28,29)/b12-10+. The monoisotopic (exact) mass is 417 g/mol. The molecule has 0 unspecified atom stereocenters. The first-order valence-electron chi connectivity index (χ1n) is 9.41. The molecule has 31 heavy (non-hydrogen) atoms. The Morgan fingerprint density at radius 3 is 2.71 bits per heavy atom. The minimum absolute atomic E-state index is 0.0501. The lowest BCUT2D eigenvalue weighted by Crippen LogP contribution is -2.24. The molecule has 2 amide bonds. The molecule has 0 spiro atoms. The summed E-state index contributed by atoms with van der Waals surface area (Å²) in [6.45, 7) is 3.86. The smallest absolute Gasteiger partial charge is 0.253 e. The molecule has 3 aromatic rings. The summed E-state index contributed by atoms with van der Waals surface area (Å²) in [5.74, 6) is -0.893. The molecule has 0 aliphatic heterocycles. The van der Waals surface area contributed by atoms with Crippen molar-refractivity contribution < 1.29 is 18.7 Å². The summed E-state index contributed by atoms with van der Waals surface area (Å²) in [7, 11) is 0. The van der Waals surface area contributed by atoms with Crippen molar-refractivity contribution in [2.75, 3.05) is 11.9 Å². The molecule has 156 valence electrons. The number of carbonyl (C=O) groups excluding carboxylic acids is 2. The summed E-state index contributed by atoms with van der Waals surface area (Å²) < 4.78 is 19.8. The molecule has 3 rings (SSSR count). The van der Waals surface area contributed by atoms with Gasteiger partial charge in [0.2, 0.25) is 5.91 Å². The van der Waals surface area contributed by atoms with E-state index in [0.717, 1.165) is 0 Å². The summed E-state index contributed by atoms with van der Waals surface area (Å²) in [6, 6.07) is 14.3. The average molecular weight is 417 g/mol. The van der Waals surface area contributed by atoms with Crippen molar-refractivity contribution in [3.63, 3.8) is 0 Å². The van der Waals surface area contributed by atoms with E-state index in [1.807, 2.05) is 0 Å². The fraction of sp³-hybridized carbons (Fsp3) is 0.0417. The Labute approximate surface area is 179 Å². The van der Waals surface area contributed by atoms with Crippen molar-refractivity contribution in [1.82, 2.24) is 10.3 Å². The lowest BCUT2D eigenvalue weighted by Gasteiger charge is -2.09. The first-order chi connectivity index (χ1) is 15.1. The van der Waals surface area contributed by atoms with Gasteiger partial charge in [0.25, 0.3) is 5.91 Å². The van der Waals surface area contributed by atoms with Crippen molar-refractivity contribution in [1.29, 1.82) is 0 Å². The Bertz CT molecular complexity index is 1110. The molecule has 2 N–H and O–H groups in total. The molecule has 7 heteroatoms. The van der Waals surface area contributed by atoms with E-state index in [1.165, 1.54) is 30.5 Å². The minimum atomic E-state index is -0.573. The second kappa shape index (κ2) is 10.5. The van der Waals surface area contributed by atoms with Gasteiger partial charge in [-0.1, -0.05) is 24.3 Å². The largest absolute Gasteiger partial charge is 0.453 e. The van der Waals surface area contributed by atoms with Gasteiger partial charge in [-0.25, -0.2) is 4.39 Å². The third kappa shape index (κ3) is 6.11. The minimum Gasteiger partial charge on any atom is -0.453 e. The third-order valence-electron chi connectivity index (χ3n) is 4.08.